The van der Waals surface area contributed by atoms with Crippen molar-refractivity contribution in [3.05, 3.63) is 182 Å². The summed E-state index contributed by atoms with van der Waals surface area (Å²) in [6, 6.07) is 63.7. The fraction of sp³-hybridized carbons (Fsp3) is 0. The van der Waals surface area contributed by atoms with E-state index in [2.05, 4.69) is 149 Å². The lowest BCUT2D eigenvalue weighted by atomic mass is 10.0. The highest BCUT2D eigenvalue weighted by molar-refractivity contribution is 6.09. The minimum Gasteiger partial charge on any atom is -0.310 e. The summed E-state index contributed by atoms with van der Waals surface area (Å²) in [5.41, 5.74) is 12.3. The van der Waals surface area contributed by atoms with Crippen LogP contribution < -0.4 is 4.90 Å². The van der Waals surface area contributed by atoms with Gasteiger partial charge in [0, 0.05) is 44.6 Å². The van der Waals surface area contributed by atoms with Crippen molar-refractivity contribution in [2.45, 2.75) is 0 Å². The fourth-order valence-electron chi connectivity index (χ4n) is 6.76. The van der Waals surface area contributed by atoms with Crippen molar-refractivity contribution >= 4 is 49.9 Å². The van der Waals surface area contributed by atoms with Crippen molar-refractivity contribution in [2.24, 2.45) is 0 Å². The molecule has 0 unspecified atom stereocenters. The second kappa shape index (κ2) is 11.7. The molecule has 0 radical (unpaired) electrons. The summed E-state index contributed by atoms with van der Waals surface area (Å²) >= 11 is 0. The van der Waals surface area contributed by atoms with E-state index in [0.29, 0.717) is 0 Å². The summed E-state index contributed by atoms with van der Waals surface area (Å²) in [4.78, 5) is 12.5. The third-order valence-electron chi connectivity index (χ3n) is 8.96. The predicted octanol–water partition coefficient (Wildman–Crippen LogP) is 11.5. The van der Waals surface area contributed by atoms with E-state index >= 15 is 0 Å². The van der Waals surface area contributed by atoms with E-state index < -0.39 is 0 Å². The molecule has 0 N–H and O–H groups in total. The van der Waals surface area contributed by atoms with Crippen LogP contribution in [0.4, 0.5) is 17.1 Å². The zero-order valence-electron chi connectivity index (χ0n) is 26.1. The van der Waals surface area contributed by atoms with Gasteiger partial charge in [0.2, 0.25) is 0 Å². The van der Waals surface area contributed by atoms with Crippen molar-refractivity contribution in [2.75, 3.05) is 4.90 Å². The number of fused-ring (bicyclic) bond motifs is 4. The molecule has 0 bridgehead atoms. The van der Waals surface area contributed by atoms with E-state index in [1.807, 2.05) is 42.5 Å². The second-order valence-electron chi connectivity index (χ2n) is 11.9. The zero-order chi connectivity index (χ0) is 31.9. The Morgan fingerprint density at radius 2 is 0.854 bits per heavy atom. The molecule has 0 atom stereocenters. The number of aromatic nitrogens is 3. The maximum absolute atomic E-state index is 5.12. The van der Waals surface area contributed by atoms with E-state index in [4.69, 9.17) is 9.97 Å². The van der Waals surface area contributed by atoms with Crippen LogP contribution in [0.5, 0.6) is 0 Å². The van der Waals surface area contributed by atoms with Crippen molar-refractivity contribution in [1.82, 2.24) is 14.5 Å². The number of hydrogen-bond donors (Lipinski definition) is 0. The molecule has 48 heavy (non-hydrogen) atoms. The van der Waals surface area contributed by atoms with Crippen LogP contribution in [0.3, 0.4) is 0 Å². The largest absolute Gasteiger partial charge is 0.310 e. The van der Waals surface area contributed by atoms with Gasteiger partial charge in [-0.1, -0.05) is 115 Å². The number of para-hydroxylation sites is 5. The summed E-state index contributed by atoms with van der Waals surface area (Å²) in [6.45, 7) is 0. The molecular formula is C44H30N4. The Kier molecular flexibility index (Phi) is 6.76. The molecule has 0 aliphatic heterocycles. The molecule has 0 aliphatic rings. The molecule has 0 fully saturated rings. The Balaban J connectivity index is 1.18. The van der Waals surface area contributed by atoms with E-state index in [-0.39, 0.29) is 0 Å². The molecule has 0 spiro atoms. The van der Waals surface area contributed by atoms with Crippen LogP contribution in [0, 0.1) is 0 Å². The Bertz CT molecular complexity index is 2500. The van der Waals surface area contributed by atoms with Crippen molar-refractivity contribution in [3.63, 3.8) is 0 Å². The van der Waals surface area contributed by atoms with E-state index in [1.54, 1.807) is 0 Å². The molecule has 9 aromatic rings. The molecule has 0 saturated carbocycles. The van der Waals surface area contributed by atoms with Crippen molar-refractivity contribution < 1.29 is 0 Å². The second-order valence-corrected chi connectivity index (χ2v) is 11.9. The zero-order valence-corrected chi connectivity index (χ0v) is 26.1. The molecule has 2 aromatic heterocycles. The number of benzene rings is 7. The normalized spacial score (nSPS) is 11.3. The van der Waals surface area contributed by atoms with Gasteiger partial charge in [-0.3, -0.25) is 0 Å². The van der Waals surface area contributed by atoms with Gasteiger partial charge in [-0.05, 0) is 66.7 Å². The van der Waals surface area contributed by atoms with Crippen LogP contribution in [0.2, 0.25) is 0 Å². The lowest BCUT2D eigenvalue weighted by molar-refractivity contribution is 1.17. The summed E-state index contributed by atoms with van der Waals surface area (Å²) in [7, 11) is 0. The molecule has 0 amide bonds. The van der Waals surface area contributed by atoms with E-state index in [0.717, 1.165) is 56.3 Å². The Hall–Kier alpha value is -6.52. The summed E-state index contributed by atoms with van der Waals surface area (Å²) in [6.07, 6.45) is 0. The van der Waals surface area contributed by atoms with Gasteiger partial charge >= 0.3 is 0 Å². The van der Waals surface area contributed by atoms with Gasteiger partial charge in [0.05, 0.1) is 33.5 Å². The SMILES string of the molecule is c1ccc(-c2nc3ccccc3nc2-c2ccc(N(c3ccccc3)c3cccc(-n4c5ccccc5c5ccccc54)c3)cc2)cc1. The van der Waals surface area contributed by atoms with E-state index in [1.165, 1.54) is 21.8 Å². The Morgan fingerprint density at radius 1 is 0.375 bits per heavy atom. The van der Waals surface area contributed by atoms with E-state index in [9.17, 15) is 0 Å². The third kappa shape index (κ3) is 4.79. The monoisotopic (exact) mass is 614 g/mol. The third-order valence-corrected chi connectivity index (χ3v) is 8.96. The van der Waals surface area contributed by atoms with Crippen LogP contribution in [0.1, 0.15) is 0 Å². The smallest absolute Gasteiger partial charge is 0.0973 e. The average Bonchev–Trinajstić information content (AvgIpc) is 3.50. The highest BCUT2D eigenvalue weighted by atomic mass is 15.1. The maximum Gasteiger partial charge on any atom is 0.0973 e. The Morgan fingerprint density at radius 3 is 1.48 bits per heavy atom. The van der Waals surface area contributed by atoms with Crippen LogP contribution in [-0.2, 0) is 0 Å². The van der Waals surface area contributed by atoms with Gasteiger partial charge in [0.1, 0.15) is 0 Å². The first-order valence-electron chi connectivity index (χ1n) is 16.2. The van der Waals surface area contributed by atoms with Crippen LogP contribution in [0.15, 0.2) is 182 Å². The molecule has 7 aromatic carbocycles. The molecule has 2 heterocycles. The van der Waals surface area contributed by atoms with Gasteiger partial charge in [-0.15, -0.1) is 0 Å². The molecule has 9 rings (SSSR count). The van der Waals surface area contributed by atoms with Gasteiger partial charge in [-0.25, -0.2) is 9.97 Å². The first-order chi connectivity index (χ1) is 23.8. The quantitative estimate of drug-likeness (QED) is 0.187. The maximum atomic E-state index is 5.12. The van der Waals surface area contributed by atoms with Gasteiger partial charge in [0.25, 0.3) is 0 Å². The fourth-order valence-corrected chi connectivity index (χ4v) is 6.76. The summed E-state index contributed by atoms with van der Waals surface area (Å²) in [5, 5.41) is 2.50. The van der Waals surface area contributed by atoms with Crippen LogP contribution in [0.25, 0.3) is 61.0 Å². The van der Waals surface area contributed by atoms with Crippen LogP contribution >= 0.6 is 0 Å². The molecule has 4 heteroatoms. The number of hydrogen-bond acceptors (Lipinski definition) is 3. The van der Waals surface area contributed by atoms with Crippen molar-refractivity contribution in [3.8, 4) is 28.2 Å². The van der Waals surface area contributed by atoms with Gasteiger partial charge in [-0.2, -0.15) is 0 Å². The van der Waals surface area contributed by atoms with Crippen molar-refractivity contribution in [1.29, 1.82) is 0 Å². The summed E-state index contributed by atoms with van der Waals surface area (Å²) < 4.78 is 2.37. The number of nitrogens with zero attached hydrogens (tertiary/aromatic N) is 4. The lowest BCUT2D eigenvalue weighted by Crippen LogP contribution is -2.10. The first kappa shape index (κ1) is 27.8. The lowest BCUT2D eigenvalue weighted by Gasteiger charge is -2.26. The molecule has 0 aliphatic carbocycles. The predicted molar refractivity (Wildman–Crippen MR) is 199 cm³/mol. The Labute approximate surface area is 278 Å². The molecule has 0 saturated heterocycles. The van der Waals surface area contributed by atoms with Gasteiger partial charge in [0.15, 0.2) is 0 Å². The summed E-state index contributed by atoms with van der Waals surface area (Å²) in [5.74, 6) is 0. The highest BCUT2D eigenvalue weighted by Crippen LogP contribution is 2.39. The van der Waals surface area contributed by atoms with Gasteiger partial charge < -0.3 is 9.47 Å². The number of rotatable bonds is 6. The minimum absolute atomic E-state index is 0.867. The average molecular weight is 615 g/mol. The molecule has 226 valence electrons. The standard InChI is InChI=1S/C44H30N4/c1-3-14-31(15-4-1)43-44(46-40-23-10-9-22-39(40)45-43)32-26-28-34(29-27-32)47(33-16-5-2-6-17-33)35-18-13-19-36(30-35)48-41-24-11-7-20-37(41)38-21-8-12-25-42(38)48/h1-30H. The topological polar surface area (TPSA) is 34.0 Å². The minimum atomic E-state index is 0.867. The number of anilines is 3. The highest BCUT2D eigenvalue weighted by Gasteiger charge is 2.18. The first-order valence-corrected chi connectivity index (χ1v) is 16.2. The molecule has 4 nitrogen and oxygen atoms in total. The molecular weight excluding hydrogens is 585 g/mol. The van der Waals surface area contributed by atoms with Crippen LogP contribution in [-0.4, -0.2) is 14.5 Å².